The van der Waals surface area contributed by atoms with Gasteiger partial charge in [0.15, 0.2) is 0 Å². The maximum atomic E-state index is 11.6. The van der Waals surface area contributed by atoms with Gasteiger partial charge < -0.3 is 0 Å². The third kappa shape index (κ3) is 2.56. The zero-order valence-electron chi connectivity index (χ0n) is 7.65. The van der Waals surface area contributed by atoms with E-state index in [1.165, 1.54) is 0 Å². The fourth-order valence-corrected chi connectivity index (χ4v) is 2.78. The monoisotopic (exact) mass is 194 g/mol. The lowest BCUT2D eigenvalue weighted by Crippen LogP contribution is -2.24. The largest absolute Gasteiger partial charge is 0.475 e. The fraction of sp³-hybridized carbons (Fsp3) is 1.00. The lowest BCUT2D eigenvalue weighted by Gasteiger charge is -2.30. The van der Waals surface area contributed by atoms with E-state index in [0.29, 0.717) is 6.61 Å². The van der Waals surface area contributed by atoms with Crippen LogP contribution < -0.4 is 0 Å². The molecular formula is C7H15O4P. The van der Waals surface area contributed by atoms with Crippen molar-refractivity contribution < 1.29 is 18.1 Å². The molecule has 0 saturated carbocycles. The van der Waals surface area contributed by atoms with Gasteiger partial charge in [-0.2, -0.15) is 0 Å². The molecule has 0 N–H and O–H groups in total. The summed E-state index contributed by atoms with van der Waals surface area (Å²) < 4.78 is 26.7. The Morgan fingerprint density at radius 2 is 1.92 bits per heavy atom. The highest BCUT2D eigenvalue weighted by molar-refractivity contribution is 7.48. The number of phosphoric ester groups is 1. The minimum absolute atomic E-state index is 0.0499. The van der Waals surface area contributed by atoms with E-state index < -0.39 is 7.82 Å². The van der Waals surface area contributed by atoms with Gasteiger partial charge in [-0.05, 0) is 20.8 Å². The molecule has 0 aromatic heterocycles. The first-order valence-corrected chi connectivity index (χ1v) is 5.63. The van der Waals surface area contributed by atoms with Gasteiger partial charge in [0, 0.05) is 6.42 Å². The summed E-state index contributed by atoms with van der Waals surface area (Å²) in [6.45, 7) is 5.84. The van der Waals surface area contributed by atoms with E-state index in [2.05, 4.69) is 0 Å². The van der Waals surface area contributed by atoms with Crippen LogP contribution in [-0.2, 0) is 18.1 Å². The lowest BCUT2D eigenvalue weighted by atomic mass is 10.2. The summed E-state index contributed by atoms with van der Waals surface area (Å²) in [5, 5.41) is 0. The SMILES string of the molecule is CCOP1(=O)O[C@@H](C)C[C@H](C)O1. The van der Waals surface area contributed by atoms with Crippen LogP contribution in [0.4, 0.5) is 0 Å². The molecule has 0 amide bonds. The van der Waals surface area contributed by atoms with Gasteiger partial charge in [0.05, 0.1) is 18.8 Å². The molecule has 1 rings (SSSR count). The highest BCUT2D eigenvalue weighted by atomic mass is 31.2. The van der Waals surface area contributed by atoms with Crippen LogP contribution in [-0.4, -0.2) is 18.8 Å². The minimum Gasteiger partial charge on any atom is -0.287 e. The van der Waals surface area contributed by atoms with Gasteiger partial charge in [0.2, 0.25) is 0 Å². The van der Waals surface area contributed by atoms with E-state index in [1.54, 1.807) is 6.92 Å². The lowest BCUT2D eigenvalue weighted by molar-refractivity contribution is 0.00437. The standard InChI is InChI=1S/C7H15O4P/c1-4-9-12(8)10-6(2)5-7(3)11-12/h6-7H,4-5H2,1-3H3/t6-,7-/m0/s1. The third-order valence-corrected chi connectivity index (χ3v) is 3.38. The van der Waals surface area contributed by atoms with Gasteiger partial charge in [-0.15, -0.1) is 0 Å². The average molecular weight is 194 g/mol. The average Bonchev–Trinajstić information content (AvgIpc) is 1.82. The third-order valence-electron chi connectivity index (χ3n) is 1.57. The van der Waals surface area contributed by atoms with Crippen LogP contribution in [0.15, 0.2) is 0 Å². The molecule has 0 radical (unpaired) electrons. The Kier molecular flexibility index (Phi) is 3.29. The smallest absolute Gasteiger partial charge is 0.287 e. The molecular weight excluding hydrogens is 179 g/mol. The molecule has 12 heavy (non-hydrogen) atoms. The minimum atomic E-state index is -3.23. The summed E-state index contributed by atoms with van der Waals surface area (Å²) in [6.07, 6.45) is 0.661. The van der Waals surface area contributed by atoms with Crippen LogP contribution in [0.5, 0.6) is 0 Å². The molecule has 4 nitrogen and oxygen atoms in total. The Hall–Kier alpha value is 0.110. The molecule has 0 spiro atoms. The van der Waals surface area contributed by atoms with E-state index in [9.17, 15) is 4.57 Å². The van der Waals surface area contributed by atoms with E-state index in [0.717, 1.165) is 6.42 Å². The van der Waals surface area contributed by atoms with Crippen molar-refractivity contribution >= 4 is 7.82 Å². The number of rotatable bonds is 2. The van der Waals surface area contributed by atoms with Crippen molar-refractivity contribution in [3.63, 3.8) is 0 Å². The van der Waals surface area contributed by atoms with Crippen LogP contribution >= 0.6 is 7.82 Å². The van der Waals surface area contributed by atoms with Crippen molar-refractivity contribution in [1.82, 2.24) is 0 Å². The summed E-state index contributed by atoms with van der Waals surface area (Å²) in [5.74, 6) is 0. The molecule has 0 unspecified atom stereocenters. The Morgan fingerprint density at radius 1 is 1.42 bits per heavy atom. The summed E-state index contributed by atoms with van der Waals surface area (Å²) in [7, 11) is -3.23. The summed E-state index contributed by atoms with van der Waals surface area (Å²) in [5.41, 5.74) is 0. The summed E-state index contributed by atoms with van der Waals surface area (Å²) >= 11 is 0. The van der Waals surface area contributed by atoms with Gasteiger partial charge in [0.1, 0.15) is 0 Å². The normalized spacial score (nSPS) is 42.9. The molecule has 0 aromatic rings. The predicted octanol–water partition coefficient (Wildman–Crippen LogP) is 2.34. The summed E-state index contributed by atoms with van der Waals surface area (Å²) in [6, 6.07) is 0. The zero-order valence-corrected chi connectivity index (χ0v) is 8.54. The number of phosphoric acid groups is 1. The first-order chi connectivity index (χ1) is 5.56. The van der Waals surface area contributed by atoms with E-state index in [-0.39, 0.29) is 12.2 Å². The van der Waals surface area contributed by atoms with Crippen molar-refractivity contribution in [2.75, 3.05) is 6.61 Å². The molecule has 0 bridgehead atoms. The van der Waals surface area contributed by atoms with E-state index >= 15 is 0 Å². The second kappa shape index (κ2) is 3.88. The van der Waals surface area contributed by atoms with Crippen LogP contribution in [0, 0.1) is 0 Å². The second-order valence-electron chi connectivity index (χ2n) is 2.93. The van der Waals surface area contributed by atoms with Gasteiger partial charge in [-0.3, -0.25) is 13.6 Å². The Bertz CT molecular complexity index is 180. The fourth-order valence-electron chi connectivity index (χ4n) is 1.24. The van der Waals surface area contributed by atoms with Crippen LogP contribution in [0.25, 0.3) is 0 Å². The predicted molar refractivity (Wildman–Crippen MR) is 44.9 cm³/mol. The molecule has 5 heteroatoms. The van der Waals surface area contributed by atoms with Gasteiger partial charge in [-0.25, -0.2) is 4.57 Å². The first-order valence-electron chi connectivity index (χ1n) is 4.17. The molecule has 1 aliphatic heterocycles. The first kappa shape index (κ1) is 10.2. The topological polar surface area (TPSA) is 44.8 Å². The van der Waals surface area contributed by atoms with Gasteiger partial charge in [0.25, 0.3) is 0 Å². The van der Waals surface area contributed by atoms with Crippen LogP contribution in [0.2, 0.25) is 0 Å². The maximum Gasteiger partial charge on any atom is 0.475 e. The van der Waals surface area contributed by atoms with E-state index in [1.807, 2.05) is 13.8 Å². The molecule has 0 aromatic carbocycles. The quantitative estimate of drug-likeness (QED) is 0.633. The maximum absolute atomic E-state index is 11.6. The molecule has 72 valence electrons. The van der Waals surface area contributed by atoms with Gasteiger partial charge >= 0.3 is 7.82 Å². The van der Waals surface area contributed by atoms with Gasteiger partial charge in [-0.1, -0.05) is 0 Å². The summed E-state index contributed by atoms with van der Waals surface area (Å²) in [4.78, 5) is 0. The molecule has 1 heterocycles. The molecule has 2 atom stereocenters. The molecule has 1 fully saturated rings. The highest BCUT2D eigenvalue weighted by Crippen LogP contribution is 2.55. The van der Waals surface area contributed by atoms with Crippen molar-refractivity contribution in [1.29, 1.82) is 0 Å². The van der Waals surface area contributed by atoms with Crippen molar-refractivity contribution in [3.8, 4) is 0 Å². The number of hydrogen-bond acceptors (Lipinski definition) is 4. The number of hydrogen-bond donors (Lipinski definition) is 0. The molecule has 1 saturated heterocycles. The van der Waals surface area contributed by atoms with Crippen LogP contribution in [0.3, 0.4) is 0 Å². The van der Waals surface area contributed by atoms with Crippen molar-refractivity contribution in [2.24, 2.45) is 0 Å². The van der Waals surface area contributed by atoms with Crippen molar-refractivity contribution in [3.05, 3.63) is 0 Å². The van der Waals surface area contributed by atoms with Crippen molar-refractivity contribution in [2.45, 2.75) is 39.4 Å². The second-order valence-corrected chi connectivity index (χ2v) is 4.51. The van der Waals surface area contributed by atoms with E-state index in [4.69, 9.17) is 13.6 Å². The Morgan fingerprint density at radius 3 is 2.33 bits per heavy atom. The highest BCUT2D eigenvalue weighted by Gasteiger charge is 2.36. The van der Waals surface area contributed by atoms with Crippen LogP contribution in [0.1, 0.15) is 27.2 Å². The molecule has 1 aliphatic rings. The zero-order chi connectivity index (χ0) is 9.19. The Balaban J connectivity index is 2.59. The molecule has 0 aliphatic carbocycles. The Labute approximate surface area is 72.8 Å².